The minimum absolute atomic E-state index is 0.0451. The van der Waals surface area contributed by atoms with Crippen LogP contribution in [0.5, 0.6) is 0 Å². The van der Waals surface area contributed by atoms with Crippen LogP contribution in [0.25, 0.3) is 0 Å². The molecule has 23 heavy (non-hydrogen) atoms. The zero-order valence-electron chi connectivity index (χ0n) is 14.6. The number of rotatable bonds is 4. The fraction of sp³-hybridized carbons (Fsp3) is 0.684. The summed E-state index contributed by atoms with van der Waals surface area (Å²) >= 11 is 0. The maximum atomic E-state index is 11.9. The zero-order chi connectivity index (χ0) is 17.4. The quantitative estimate of drug-likeness (QED) is 0.483. The maximum absolute atomic E-state index is 11.9. The van der Waals surface area contributed by atoms with Gasteiger partial charge in [-0.3, -0.25) is 4.79 Å². The van der Waals surface area contributed by atoms with E-state index in [-0.39, 0.29) is 29.3 Å². The van der Waals surface area contributed by atoms with Crippen LogP contribution in [0, 0.1) is 23.2 Å². The Bertz CT molecular complexity index is 546. The summed E-state index contributed by atoms with van der Waals surface area (Å²) in [7, 11) is 0. The second-order valence-corrected chi connectivity index (χ2v) is 7.75. The van der Waals surface area contributed by atoms with Crippen LogP contribution in [0.3, 0.4) is 0 Å². The molecule has 128 valence electrons. The topological polar surface area (TPSA) is 63.6 Å². The molecule has 2 aliphatic rings. The van der Waals surface area contributed by atoms with Crippen molar-refractivity contribution in [2.75, 3.05) is 0 Å². The van der Waals surface area contributed by atoms with Crippen molar-refractivity contribution in [3.8, 4) is 0 Å². The van der Waals surface area contributed by atoms with Gasteiger partial charge in [0.15, 0.2) is 0 Å². The number of hydrogen-bond donors (Lipinski definition) is 1. The number of carboxylic acids is 1. The SMILES string of the molecule is C=C(C(=O)O)C1CCC2(C)CC(OC(=O)C(C)C)C=C(C)C2C1. The molecule has 1 fully saturated rings. The van der Waals surface area contributed by atoms with Gasteiger partial charge in [0.05, 0.1) is 5.92 Å². The van der Waals surface area contributed by atoms with Crippen LogP contribution < -0.4 is 0 Å². The van der Waals surface area contributed by atoms with Gasteiger partial charge in [0.1, 0.15) is 6.10 Å². The van der Waals surface area contributed by atoms with Gasteiger partial charge in [-0.15, -0.1) is 0 Å². The fourth-order valence-electron chi connectivity index (χ4n) is 4.12. The predicted octanol–water partition coefficient (Wildman–Crippen LogP) is 3.97. The van der Waals surface area contributed by atoms with Gasteiger partial charge in [0.25, 0.3) is 0 Å². The minimum atomic E-state index is -0.889. The second kappa shape index (κ2) is 6.50. The Labute approximate surface area is 138 Å². The van der Waals surface area contributed by atoms with E-state index in [4.69, 9.17) is 4.74 Å². The second-order valence-electron chi connectivity index (χ2n) is 7.75. The van der Waals surface area contributed by atoms with Gasteiger partial charge < -0.3 is 9.84 Å². The summed E-state index contributed by atoms with van der Waals surface area (Å²) in [4.78, 5) is 23.1. The third kappa shape index (κ3) is 3.67. The number of carbonyl (C=O) groups excluding carboxylic acids is 1. The summed E-state index contributed by atoms with van der Waals surface area (Å²) in [5.74, 6) is -0.785. The number of aliphatic carboxylic acids is 1. The summed E-state index contributed by atoms with van der Waals surface area (Å²) in [6.45, 7) is 11.7. The maximum Gasteiger partial charge on any atom is 0.331 e. The molecule has 0 aliphatic heterocycles. The Hall–Kier alpha value is -1.58. The Morgan fingerprint density at radius 2 is 2.09 bits per heavy atom. The number of ether oxygens (including phenoxy) is 1. The third-order valence-corrected chi connectivity index (χ3v) is 5.60. The number of allylic oxidation sites excluding steroid dienone is 1. The highest BCUT2D eigenvalue weighted by Gasteiger charge is 2.46. The van der Waals surface area contributed by atoms with Gasteiger partial charge in [0.2, 0.25) is 0 Å². The Balaban J connectivity index is 2.15. The Kier molecular flexibility index (Phi) is 5.02. The molecule has 0 aromatic rings. The first-order valence-corrected chi connectivity index (χ1v) is 8.45. The zero-order valence-corrected chi connectivity index (χ0v) is 14.6. The molecule has 0 amide bonds. The lowest BCUT2D eigenvalue weighted by molar-refractivity contribution is -0.153. The van der Waals surface area contributed by atoms with E-state index in [1.54, 1.807) is 0 Å². The van der Waals surface area contributed by atoms with Crippen LogP contribution in [0.4, 0.5) is 0 Å². The average Bonchev–Trinajstić information content (AvgIpc) is 2.45. The van der Waals surface area contributed by atoms with E-state index in [1.165, 1.54) is 5.57 Å². The number of carboxylic acid groups (broad SMARTS) is 1. The van der Waals surface area contributed by atoms with Crippen LogP contribution in [0.15, 0.2) is 23.8 Å². The Morgan fingerprint density at radius 1 is 1.43 bits per heavy atom. The molecular weight excluding hydrogens is 292 g/mol. The number of hydrogen-bond acceptors (Lipinski definition) is 3. The van der Waals surface area contributed by atoms with E-state index in [9.17, 15) is 14.7 Å². The highest BCUT2D eigenvalue weighted by Crippen LogP contribution is 2.53. The van der Waals surface area contributed by atoms with Crippen molar-refractivity contribution in [2.45, 2.75) is 59.5 Å². The molecule has 2 rings (SSSR count). The van der Waals surface area contributed by atoms with Crippen molar-refractivity contribution < 1.29 is 19.4 Å². The summed E-state index contributed by atoms with van der Waals surface area (Å²) in [6.07, 6.45) is 5.32. The van der Waals surface area contributed by atoms with Crippen LogP contribution >= 0.6 is 0 Å². The molecule has 0 aromatic heterocycles. The van der Waals surface area contributed by atoms with Crippen LogP contribution in [-0.2, 0) is 14.3 Å². The van der Waals surface area contributed by atoms with Gasteiger partial charge in [-0.1, -0.05) is 32.9 Å². The molecule has 4 heteroatoms. The molecule has 0 aromatic carbocycles. The van der Waals surface area contributed by atoms with Crippen molar-refractivity contribution in [1.82, 2.24) is 0 Å². The molecule has 4 nitrogen and oxygen atoms in total. The lowest BCUT2D eigenvalue weighted by Gasteiger charge is -2.49. The average molecular weight is 320 g/mol. The molecule has 4 unspecified atom stereocenters. The molecule has 0 heterocycles. The molecule has 0 spiro atoms. The normalized spacial score (nSPS) is 33.6. The molecule has 0 saturated heterocycles. The third-order valence-electron chi connectivity index (χ3n) is 5.60. The number of carbonyl (C=O) groups is 2. The van der Waals surface area contributed by atoms with Crippen molar-refractivity contribution in [3.63, 3.8) is 0 Å². The van der Waals surface area contributed by atoms with Gasteiger partial charge in [0, 0.05) is 5.57 Å². The highest BCUT2D eigenvalue weighted by molar-refractivity contribution is 5.86. The molecule has 1 N–H and O–H groups in total. The van der Waals surface area contributed by atoms with Crippen LogP contribution in [0.1, 0.15) is 53.4 Å². The highest BCUT2D eigenvalue weighted by atomic mass is 16.5. The van der Waals surface area contributed by atoms with Gasteiger partial charge >= 0.3 is 11.9 Å². The molecule has 0 bridgehead atoms. The molecule has 1 saturated carbocycles. The molecule has 2 aliphatic carbocycles. The summed E-state index contributed by atoms with van der Waals surface area (Å²) in [5, 5.41) is 9.18. The monoisotopic (exact) mass is 320 g/mol. The Morgan fingerprint density at radius 3 is 2.65 bits per heavy atom. The van der Waals surface area contributed by atoms with Crippen molar-refractivity contribution in [3.05, 3.63) is 23.8 Å². The van der Waals surface area contributed by atoms with Gasteiger partial charge in [-0.25, -0.2) is 4.79 Å². The number of esters is 1. The van der Waals surface area contributed by atoms with E-state index in [0.29, 0.717) is 11.5 Å². The lowest BCUT2D eigenvalue weighted by atomic mass is 9.57. The van der Waals surface area contributed by atoms with Crippen molar-refractivity contribution in [2.24, 2.45) is 23.2 Å². The van der Waals surface area contributed by atoms with E-state index in [2.05, 4.69) is 26.5 Å². The predicted molar refractivity (Wildman–Crippen MR) is 88.8 cm³/mol. The summed E-state index contributed by atoms with van der Waals surface area (Å²) < 4.78 is 5.62. The van der Waals surface area contributed by atoms with Crippen LogP contribution in [-0.4, -0.2) is 23.1 Å². The molecular formula is C19H28O4. The minimum Gasteiger partial charge on any atom is -0.478 e. The standard InChI is InChI=1S/C19H28O4/c1-11(2)18(22)23-15-8-12(3)16-9-14(13(4)17(20)21)6-7-19(16,5)10-15/h8,11,14-16H,4,6-7,9-10H2,1-3,5H3,(H,20,21). The summed E-state index contributed by atoms with van der Waals surface area (Å²) in [6, 6.07) is 0. The van der Waals surface area contributed by atoms with Crippen molar-refractivity contribution in [1.29, 1.82) is 0 Å². The van der Waals surface area contributed by atoms with Crippen LogP contribution in [0.2, 0.25) is 0 Å². The van der Waals surface area contributed by atoms with Gasteiger partial charge in [-0.2, -0.15) is 0 Å². The largest absolute Gasteiger partial charge is 0.478 e. The first-order valence-electron chi connectivity index (χ1n) is 8.45. The number of fused-ring (bicyclic) bond motifs is 1. The van der Waals surface area contributed by atoms with E-state index in [0.717, 1.165) is 25.7 Å². The van der Waals surface area contributed by atoms with Crippen molar-refractivity contribution >= 4 is 11.9 Å². The van der Waals surface area contributed by atoms with E-state index >= 15 is 0 Å². The molecule has 4 atom stereocenters. The molecule has 0 radical (unpaired) electrons. The summed E-state index contributed by atoms with van der Waals surface area (Å²) in [5.41, 5.74) is 1.60. The smallest absolute Gasteiger partial charge is 0.331 e. The fourth-order valence-corrected chi connectivity index (χ4v) is 4.12. The lowest BCUT2D eigenvalue weighted by Crippen LogP contribution is -2.42. The first kappa shape index (κ1) is 17.8. The van der Waals surface area contributed by atoms with E-state index < -0.39 is 5.97 Å². The van der Waals surface area contributed by atoms with Gasteiger partial charge in [-0.05, 0) is 55.9 Å². The van der Waals surface area contributed by atoms with E-state index in [1.807, 2.05) is 13.8 Å². The first-order chi connectivity index (χ1) is 10.6.